The molecule has 0 aliphatic rings. The van der Waals surface area contributed by atoms with Gasteiger partial charge in [-0.3, -0.25) is 0 Å². The van der Waals surface area contributed by atoms with Gasteiger partial charge in [0.05, 0.1) is 11.9 Å². The molecule has 6 heteroatoms. The first kappa shape index (κ1) is 10.5. The molecule has 2 atom stereocenters. The second kappa shape index (κ2) is 4.59. The van der Waals surface area contributed by atoms with E-state index in [9.17, 15) is 0 Å². The van der Waals surface area contributed by atoms with E-state index in [2.05, 4.69) is 10.1 Å². The van der Waals surface area contributed by atoms with Crippen molar-refractivity contribution in [2.24, 2.45) is 5.73 Å². The van der Waals surface area contributed by atoms with Crippen LogP contribution >= 0.6 is 11.8 Å². The number of thioether (sulfide) groups is 1. The van der Waals surface area contributed by atoms with E-state index in [0.29, 0.717) is 17.5 Å². The summed E-state index contributed by atoms with van der Waals surface area (Å²) in [4.78, 5) is 4.04. The normalized spacial score (nSPS) is 15.7. The first-order valence-corrected chi connectivity index (χ1v) is 5.29. The first-order valence-electron chi connectivity index (χ1n) is 3.90. The number of hydrogen-bond donors (Lipinski definition) is 2. The lowest BCUT2D eigenvalue weighted by Crippen LogP contribution is -2.23. The summed E-state index contributed by atoms with van der Waals surface area (Å²) in [5.41, 5.74) is 5.59. The van der Waals surface area contributed by atoms with Crippen LogP contribution in [0.15, 0.2) is 4.52 Å². The van der Waals surface area contributed by atoms with Crippen LogP contribution in [0.2, 0.25) is 0 Å². The van der Waals surface area contributed by atoms with Gasteiger partial charge in [-0.1, -0.05) is 5.16 Å². The molecule has 0 spiro atoms. The van der Waals surface area contributed by atoms with Crippen LogP contribution in [0.4, 0.5) is 0 Å². The van der Waals surface area contributed by atoms with Crippen molar-refractivity contribution in [1.82, 2.24) is 10.1 Å². The van der Waals surface area contributed by atoms with Crippen LogP contribution in [0.5, 0.6) is 0 Å². The predicted molar refractivity (Wildman–Crippen MR) is 50.1 cm³/mol. The summed E-state index contributed by atoms with van der Waals surface area (Å²) in [5.74, 6) is 1.59. The number of aromatic nitrogens is 2. The van der Waals surface area contributed by atoms with Crippen molar-refractivity contribution in [3.63, 3.8) is 0 Å². The lowest BCUT2D eigenvalue weighted by atomic mass is 10.2. The highest BCUT2D eigenvalue weighted by molar-refractivity contribution is 7.97. The smallest absolute Gasteiger partial charge is 0.246 e. The largest absolute Gasteiger partial charge is 0.391 e. The summed E-state index contributed by atoms with van der Waals surface area (Å²) in [7, 11) is 0. The van der Waals surface area contributed by atoms with Crippen LogP contribution in [0.3, 0.4) is 0 Å². The van der Waals surface area contributed by atoms with Crippen molar-refractivity contribution in [3.8, 4) is 0 Å². The molecule has 0 aromatic carbocycles. The third-order valence-electron chi connectivity index (χ3n) is 1.56. The SMILES string of the molecule is CSCc1noc([C@@H](N)[C@@H](C)O)n1. The number of rotatable bonds is 4. The van der Waals surface area contributed by atoms with Crippen molar-refractivity contribution in [3.05, 3.63) is 11.7 Å². The highest BCUT2D eigenvalue weighted by Gasteiger charge is 2.18. The van der Waals surface area contributed by atoms with Gasteiger partial charge >= 0.3 is 0 Å². The van der Waals surface area contributed by atoms with Gasteiger partial charge in [0.2, 0.25) is 5.89 Å². The van der Waals surface area contributed by atoms with Crippen LogP contribution in [-0.2, 0) is 5.75 Å². The fourth-order valence-electron chi connectivity index (χ4n) is 0.797. The molecule has 0 bridgehead atoms. The van der Waals surface area contributed by atoms with Crippen molar-refractivity contribution in [2.75, 3.05) is 6.26 Å². The molecule has 5 nitrogen and oxygen atoms in total. The number of nitrogens with zero attached hydrogens (tertiary/aromatic N) is 2. The highest BCUT2D eigenvalue weighted by atomic mass is 32.2. The van der Waals surface area contributed by atoms with Crippen molar-refractivity contribution in [2.45, 2.75) is 24.8 Å². The maximum absolute atomic E-state index is 9.16. The molecule has 0 unspecified atom stereocenters. The minimum absolute atomic E-state index is 0.291. The third-order valence-corrected chi connectivity index (χ3v) is 2.11. The molecule has 0 saturated carbocycles. The molecule has 74 valence electrons. The van der Waals surface area contributed by atoms with Crippen LogP contribution in [0.25, 0.3) is 0 Å². The summed E-state index contributed by atoms with van der Waals surface area (Å²) in [6.45, 7) is 1.59. The molecular weight excluding hydrogens is 190 g/mol. The summed E-state index contributed by atoms with van der Waals surface area (Å²) >= 11 is 1.60. The van der Waals surface area contributed by atoms with E-state index in [-0.39, 0.29) is 0 Å². The van der Waals surface area contributed by atoms with E-state index in [1.165, 1.54) is 0 Å². The highest BCUT2D eigenvalue weighted by Crippen LogP contribution is 2.13. The van der Waals surface area contributed by atoms with E-state index in [1.807, 2.05) is 6.26 Å². The standard InChI is InChI=1S/C7H13N3O2S/c1-4(11)6(8)7-9-5(3-13-2)10-12-7/h4,6,11H,3,8H2,1-2H3/t4-,6+/m1/s1. The van der Waals surface area contributed by atoms with Gasteiger partial charge in [0.1, 0.15) is 6.04 Å². The Balaban J connectivity index is 2.67. The van der Waals surface area contributed by atoms with Gasteiger partial charge in [-0.15, -0.1) is 0 Å². The molecule has 3 N–H and O–H groups in total. The second-order valence-corrected chi connectivity index (χ2v) is 3.61. The van der Waals surface area contributed by atoms with Gasteiger partial charge in [-0.05, 0) is 13.2 Å². The summed E-state index contributed by atoms with van der Waals surface area (Å²) in [5, 5.41) is 12.9. The average molecular weight is 203 g/mol. The minimum Gasteiger partial charge on any atom is -0.391 e. The Morgan fingerprint density at radius 1 is 1.69 bits per heavy atom. The van der Waals surface area contributed by atoms with E-state index in [4.69, 9.17) is 15.4 Å². The van der Waals surface area contributed by atoms with E-state index < -0.39 is 12.1 Å². The molecule has 13 heavy (non-hydrogen) atoms. The van der Waals surface area contributed by atoms with E-state index in [0.717, 1.165) is 0 Å². The Morgan fingerprint density at radius 2 is 2.38 bits per heavy atom. The Bertz CT molecular complexity index is 264. The van der Waals surface area contributed by atoms with Crippen molar-refractivity contribution < 1.29 is 9.63 Å². The van der Waals surface area contributed by atoms with Gasteiger partial charge in [-0.2, -0.15) is 16.7 Å². The lowest BCUT2D eigenvalue weighted by molar-refractivity contribution is 0.146. The van der Waals surface area contributed by atoms with Gasteiger partial charge in [-0.25, -0.2) is 0 Å². The zero-order chi connectivity index (χ0) is 9.84. The maximum Gasteiger partial charge on any atom is 0.246 e. The molecule has 0 aliphatic heterocycles. The molecule has 0 aliphatic carbocycles. The fraction of sp³-hybridized carbons (Fsp3) is 0.714. The number of aliphatic hydroxyl groups excluding tert-OH is 1. The fourth-order valence-corrected chi connectivity index (χ4v) is 1.17. The molecule has 1 heterocycles. The first-order chi connectivity index (χ1) is 6.15. The predicted octanol–water partition coefficient (Wildman–Crippen LogP) is 0.313. The molecule has 0 fully saturated rings. The monoisotopic (exact) mass is 203 g/mol. The summed E-state index contributed by atoms with van der Waals surface area (Å²) in [6, 6.07) is -0.594. The third kappa shape index (κ3) is 2.68. The van der Waals surface area contributed by atoms with Crippen LogP contribution in [0.1, 0.15) is 24.7 Å². The quantitative estimate of drug-likeness (QED) is 0.732. The molecule has 0 amide bonds. The molecule has 0 radical (unpaired) electrons. The van der Waals surface area contributed by atoms with E-state index in [1.54, 1.807) is 18.7 Å². The number of hydrogen-bond acceptors (Lipinski definition) is 6. The number of aliphatic hydroxyl groups is 1. The molecular formula is C7H13N3O2S. The van der Waals surface area contributed by atoms with Crippen molar-refractivity contribution in [1.29, 1.82) is 0 Å². The van der Waals surface area contributed by atoms with Gasteiger partial charge in [0.15, 0.2) is 5.82 Å². The van der Waals surface area contributed by atoms with Gasteiger partial charge < -0.3 is 15.4 Å². The Labute approximate surface area is 80.7 Å². The number of nitrogens with two attached hydrogens (primary N) is 1. The molecule has 1 rings (SSSR count). The van der Waals surface area contributed by atoms with E-state index >= 15 is 0 Å². The summed E-state index contributed by atoms with van der Waals surface area (Å²) in [6.07, 6.45) is 1.27. The zero-order valence-electron chi connectivity index (χ0n) is 7.60. The second-order valence-electron chi connectivity index (χ2n) is 2.75. The van der Waals surface area contributed by atoms with Gasteiger partial charge in [0.25, 0.3) is 0 Å². The molecule has 0 saturated heterocycles. The van der Waals surface area contributed by atoms with Crippen LogP contribution in [0, 0.1) is 0 Å². The average Bonchev–Trinajstić information content (AvgIpc) is 2.52. The molecule has 1 aromatic rings. The van der Waals surface area contributed by atoms with Crippen molar-refractivity contribution >= 4 is 11.8 Å². The minimum atomic E-state index is -0.678. The zero-order valence-corrected chi connectivity index (χ0v) is 8.41. The molecule has 1 aromatic heterocycles. The van der Waals surface area contributed by atoms with Gasteiger partial charge in [0, 0.05) is 0 Å². The topological polar surface area (TPSA) is 85.2 Å². The van der Waals surface area contributed by atoms with Crippen LogP contribution < -0.4 is 5.73 Å². The lowest BCUT2D eigenvalue weighted by Gasteiger charge is -2.08. The van der Waals surface area contributed by atoms with Crippen LogP contribution in [-0.4, -0.2) is 27.6 Å². The Kier molecular flexibility index (Phi) is 3.71. The maximum atomic E-state index is 9.16. The summed E-state index contributed by atoms with van der Waals surface area (Å²) < 4.78 is 4.88. The Morgan fingerprint density at radius 3 is 2.92 bits per heavy atom. The Hall–Kier alpha value is -0.590.